The van der Waals surface area contributed by atoms with Crippen LogP contribution in [0.3, 0.4) is 0 Å². The molecular formula is C9H10BN. The van der Waals surface area contributed by atoms with Gasteiger partial charge >= 0.3 is 0 Å². The van der Waals surface area contributed by atoms with E-state index in [9.17, 15) is 0 Å². The quantitative estimate of drug-likeness (QED) is 0.576. The Morgan fingerprint density at radius 2 is 2.00 bits per heavy atom. The highest BCUT2D eigenvalue weighted by atomic mass is 14.2. The Morgan fingerprint density at radius 3 is 2.45 bits per heavy atom. The molecule has 1 aromatic rings. The molecule has 11 heavy (non-hydrogen) atoms. The van der Waals surface area contributed by atoms with E-state index in [0.29, 0.717) is 0 Å². The molecule has 0 atom stereocenters. The highest BCUT2D eigenvalue weighted by Crippen LogP contribution is 2.02. The smallest absolute Gasteiger partial charge is 0.122 e. The second-order valence-electron chi connectivity index (χ2n) is 2.56. The number of nitrogens with zero attached hydrogens (tertiary/aromatic N) is 1. The Balaban J connectivity index is 2.76. The molecule has 0 unspecified atom stereocenters. The Morgan fingerprint density at radius 1 is 1.36 bits per heavy atom. The highest BCUT2D eigenvalue weighted by Gasteiger charge is 1.91. The summed E-state index contributed by atoms with van der Waals surface area (Å²) in [6.45, 7) is 2.15. The second kappa shape index (κ2) is 3.83. The van der Waals surface area contributed by atoms with Gasteiger partial charge < -0.3 is 0 Å². The van der Waals surface area contributed by atoms with Crippen LogP contribution in [0.15, 0.2) is 24.3 Å². The van der Waals surface area contributed by atoms with Crippen LogP contribution in [0.1, 0.15) is 11.1 Å². The predicted molar refractivity (Wildman–Crippen MR) is 47.9 cm³/mol. The van der Waals surface area contributed by atoms with Crippen molar-refractivity contribution in [1.82, 2.24) is 0 Å². The first-order valence-electron chi connectivity index (χ1n) is 3.86. The third-order valence-corrected chi connectivity index (χ3v) is 1.62. The molecule has 1 rings (SSSR count). The first-order chi connectivity index (χ1) is 5.36. The lowest BCUT2D eigenvalue weighted by atomic mass is 9.75. The van der Waals surface area contributed by atoms with Crippen molar-refractivity contribution in [2.75, 3.05) is 0 Å². The van der Waals surface area contributed by atoms with Crippen LogP contribution < -0.4 is 0 Å². The monoisotopic (exact) mass is 143 g/mol. The van der Waals surface area contributed by atoms with Crippen molar-refractivity contribution in [3.8, 4) is 6.07 Å². The molecule has 1 nitrogen and oxygen atoms in total. The van der Waals surface area contributed by atoms with E-state index in [-0.39, 0.29) is 0 Å². The molecule has 0 aliphatic rings. The molecule has 0 saturated carbocycles. The van der Waals surface area contributed by atoms with Gasteiger partial charge in [0.1, 0.15) is 7.28 Å². The molecule has 0 N–H and O–H groups in total. The van der Waals surface area contributed by atoms with Gasteiger partial charge in [0.05, 0.1) is 11.6 Å². The fourth-order valence-corrected chi connectivity index (χ4v) is 1.03. The van der Waals surface area contributed by atoms with E-state index in [2.05, 4.69) is 12.9 Å². The van der Waals surface area contributed by atoms with E-state index in [4.69, 9.17) is 5.26 Å². The lowest BCUT2D eigenvalue weighted by Crippen LogP contribution is -1.90. The number of hydrogen-bond donors (Lipinski definition) is 0. The van der Waals surface area contributed by atoms with Crippen molar-refractivity contribution < 1.29 is 0 Å². The zero-order valence-electron chi connectivity index (χ0n) is 6.67. The summed E-state index contributed by atoms with van der Waals surface area (Å²) in [6.07, 6.45) is 1.10. The van der Waals surface area contributed by atoms with E-state index in [1.54, 1.807) is 0 Å². The van der Waals surface area contributed by atoms with Crippen LogP contribution in [-0.2, 0) is 6.32 Å². The van der Waals surface area contributed by atoms with E-state index in [1.165, 1.54) is 5.56 Å². The van der Waals surface area contributed by atoms with Gasteiger partial charge in [-0.3, -0.25) is 0 Å². The van der Waals surface area contributed by atoms with Crippen LogP contribution >= 0.6 is 0 Å². The molecule has 0 aliphatic carbocycles. The SMILES string of the molecule is CBCc1ccc(C#N)cc1. The van der Waals surface area contributed by atoms with Gasteiger partial charge in [0, 0.05) is 0 Å². The van der Waals surface area contributed by atoms with Gasteiger partial charge in [-0.2, -0.15) is 5.26 Å². The third kappa shape index (κ3) is 2.12. The molecule has 54 valence electrons. The molecule has 0 bridgehead atoms. The van der Waals surface area contributed by atoms with E-state index >= 15 is 0 Å². The number of nitriles is 1. The van der Waals surface area contributed by atoms with Crippen LogP contribution in [0.2, 0.25) is 6.82 Å². The van der Waals surface area contributed by atoms with Gasteiger partial charge in [0.15, 0.2) is 0 Å². The Kier molecular flexibility index (Phi) is 2.74. The fourth-order valence-electron chi connectivity index (χ4n) is 1.03. The molecule has 0 fully saturated rings. The first-order valence-corrected chi connectivity index (χ1v) is 3.86. The van der Waals surface area contributed by atoms with Gasteiger partial charge in [-0.15, -0.1) is 0 Å². The average molecular weight is 143 g/mol. The van der Waals surface area contributed by atoms with Crippen molar-refractivity contribution in [3.05, 3.63) is 35.4 Å². The summed E-state index contributed by atoms with van der Waals surface area (Å²) < 4.78 is 0. The minimum absolute atomic E-state index is 0.741. The Labute approximate surface area is 67.9 Å². The van der Waals surface area contributed by atoms with Crippen molar-refractivity contribution >= 4 is 7.28 Å². The molecule has 1 aromatic carbocycles. The fraction of sp³-hybridized carbons (Fsp3) is 0.222. The lowest BCUT2D eigenvalue weighted by Gasteiger charge is -1.95. The van der Waals surface area contributed by atoms with Crippen LogP contribution in [0.4, 0.5) is 0 Å². The maximum absolute atomic E-state index is 8.51. The van der Waals surface area contributed by atoms with Crippen molar-refractivity contribution in [2.45, 2.75) is 13.1 Å². The van der Waals surface area contributed by atoms with Crippen LogP contribution in [-0.4, -0.2) is 7.28 Å². The Bertz CT molecular complexity index is 258. The molecule has 0 spiro atoms. The maximum atomic E-state index is 8.51. The summed E-state index contributed by atoms with van der Waals surface area (Å²) in [5.74, 6) is 0. The molecule has 0 heterocycles. The normalized spacial score (nSPS) is 8.73. The summed E-state index contributed by atoms with van der Waals surface area (Å²) in [5.41, 5.74) is 2.05. The molecule has 0 aliphatic heterocycles. The number of hydrogen-bond acceptors (Lipinski definition) is 1. The van der Waals surface area contributed by atoms with Crippen molar-refractivity contribution in [3.63, 3.8) is 0 Å². The van der Waals surface area contributed by atoms with Crippen LogP contribution in [0.5, 0.6) is 0 Å². The standard InChI is InChI=1S/C9H10BN/c1-10-6-8-2-4-9(7-11)5-3-8/h2-5,10H,6H2,1H3. The van der Waals surface area contributed by atoms with Crippen LogP contribution in [0, 0.1) is 11.3 Å². The minimum Gasteiger partial charge on any atom is -0.192 e. The summed E-state index contributed by atoms with van der Waals surface area (Å²) in [7, 11) is 1.16. The zero-order valence-corrected chi connectivity index (χ0v) is 6.67. The van der Waals surface area contributed by atoms with Gasteiger partial charge in [-0.25, -0.2) is 0 Å². The maximum Gasteiger partial charge on any atom is 0.122 e. The van der Waals surface area contributed by atoms with E-state index in [1.807, 2.05) is 24.3 Å². The zero-order chi connectivity index (χ0) is 8.10. The average Bonchev–Trinajstić information content (AvgIpc) is 2.07. The molecular weight excluding hydrogens is 133 g/mol. The number of rotatable bonds is 2. The van der Waals surface area contributed by atoms with Gasteiger partial charge in [0.25, 0.3) is 0 Å². The summed E-state index contributed by atoms with van der Waals surface area (Å²) in [5, 5.41) is 8.51. The second-order valence-corrected chi connectivity index (χ2v) is 2.56. The predicted octanol–water partition coefficient (Wildman–Crippen LogP) is 1.54. The topological polar surface area (TPSA) is 23.8 Å². The van der Waals surface area contributed by atoms with Crippen LogP contribution in [0.25, 0.3) is 0 Å². The molecule has 0 saturated heterocycles. The Hall–Kier alpha value is -1.23. The highest BCUT2D eigenvalue weighted by molar-refractivity contribution is 6.32. The summed E-state index contributed by atoms with van der Waals surface area (Å²) >= 11 is 0. The molecule has 0 aromatic heterocycles. The third-order valence-electron chi connectivity index (χ3n) is 1.62. The lowest BCUT2D eigenvalue weighted by molar-refractivity contribution is 1.37. The van der Waals surface area contributed by atoms with Crippen molar-refractivity contribution in [1.29, 1.82) is 5.26 Å². The van der Waals surface area contributed by atoms with Gasteiger partial charge in [-0.05, 0) is 12.1 Å². The number of benzene rings is 1. The molecule has 0 amide bonds. The summed E-state index contributed by atoms with van der Waals surface area (Å²) in [6, 6.07) is 9.86. The molecule has 2 heteroatoms. The van der Waals surface area contributed by atoms with Crippen molar-refractivity contribution in [2.24, 2.45) is 0 Å². The summed E-state index contributed by atoms with van der Waals surface area (Å²) in [4.78, 5) is 0. The molecule has 0 radical (unpaired) electrons. The van der Waals surface area contributed by atoms with E-state index in [0.717, 1.165) is 19.2 Å². The van der Waals surface area contributed by atoms with E-state index < -0.39 is 0 Å². The largest absolute Gasteiger partial charge is 0.192 e. The van der Waals surface area contributed by atoms with Gasteiger partial charge in [-0.1, -0.05) is 30.8 Å². The first kappa shape index (κ1) is 7.88. The van der Waals surface area contributed by atoms with Gasteiger partial charge in [0.2, 0.25) is 0 Å². The minimum atomic E-state index is 0.741.